The van der Waals surface area contributed by atoms with Crippen molar-refractivity contribution in [1.82, 2.24) is 19.8 Å². The van der Waals surface area contributed by atoms with E-state index in [4.69, 9.17) is 0 Å². The van der Waals surface area contributed by atoms with Crippen LogP contribution < -0.4 is 0 Å². The molecule has 1 aliphatic heterocycles. The zero-order valence-electron chi connectivity index (χ0n) is 14.4. The second-order valence-electron chi connectivity index (χ2n) is 6.47. The Balaban J connectivity index is 1.60. The maximum absolute atomic E-state index is 13.8. The first-order chi connectivity index (χ1) is 12.1. The third-order valence-corrected chi connectivity index (χ3v) is 4.75. The molecule has 0 radical (unpaired) electrons. The molecule has 3 heterocycles. The summed E-state index contributed by atoms with van der Waals surface area (Å²) < 4.78 is 13.8. The van der Waals surface area contributed by atoms with Crippen LogP contribution in [0.5, 0.6) is 0 Å². The van der Waals surface area contributed by atoms with E-state index in [-0.39, 0.29) is 11.5 Å². The van der Waals surface area contributed by atoms with E-state index in [0.717, 1.165) is 37.7 Å². The lowest BCUT2D eigenvalue weighted by Gasteiger charge is -2.27. The van der Waals surface area contributed by atoms with Crippen LogP contribution in [0, 0.1) is 5.82 Å². The summed E-state index contributed by atoms with van der Waals surface area (Å²) in [4.78, 5) is 24.7. The molecule has 0 aromatic carbocycles. The second kappa shape index (κ2) is 8.16. The highest BCUT2D eigenvalue weighted by Gasteiger charge is 2.25. The van der Waals surface area contributed by atoms with Gasteiger partial charge >= 0.3 is 0 Å². The number of amides is 1. The van der Waals surface area contributed by atoms with E-state index in [1.807, 2.05) is 18.2 Å². The molecule has 3 rings (SSSR count). The number of carbonyl (C=O) groups is 1. The predicted molar refractivity (Wildman–Crippen MR) is 93.4 cm³/mol. The molecule has 1 aliphatic rings. The smallest absolute Gasteiger partial charge is 0.256 e. The van der Waals surface area contributed by atoms with Crippen molar-refractivity contribution in [3.8, 4) is 0 Å². The van der Waals surface area contributed by atoms with Gasteiger partial charge in [0.2, 0.25) is 0 Å². The highest BCUT2D eigenvalue weighted by Crippen LogP contribution is 2.19. The van der Waals surface area contributed by atoms with E-state index in [2.05, 4.69) is 21.9 Å². The van der Waals surface area contributed by atoms with Crippen molar-refractivity contribution >= 4 is 5.91 Å². The lowest BCUT2D eigenvalue weighted by Crippen LogP contribution is -2.35. The summed E-state index contributed by atoms with van der Waals surface area (Å²) in [5, 5.41) is 0. The number of hydrogen-bond acceptors (Lipinski definition) is 4. The highest BCUT2D eigenvalue weighted by molar-refractivity contribution is 5.94. The first-order valence-electron chi connectivity index (χ1n) is 8.64. The summed E-state index contributed by atoms with van der Waals surface area (Å²) >= 11 is 0. The Kier molecular flexibility index (Phi) is 5.71. The van der Waals surface area contributed by atoms with Crippen molar-refractivity contribution in [1.29, 1.82) is 0 Å². The third kappa shape index (κ3) is 4.39. The van der Waals surface area contributed by atoms with Crippen molar-refractivity contribution in [2.24, 2.45) is 0 Å². The number of carbonyl (C=O) groups excluding carboxylic acids is 1. The number of nitrogens with zero attached hydrogens (tertiary/aromatic N) is 4. The van der Waals surface area contributed by atoms with Crippen LogP contribution >= 0.6 is 0 Å². The molecule has 0 unspecified atom stereocenters. The van der Waals surface area contributed by atoms with Crippen molar-refractivity contribution in [3.05, 3.63) is 59.9 Å². The zero-order valence-corrected chi connectivity index (χ0v) is 14.4. The van der Waals surface area contributed by atoms with E-state index >= 15 is 0 Å². The molecule has 132 valence electrons. The minimum absolute atomic E-state index is 0.107. The first-order valence-corrected chi connectivity index (χ1v) is 8.64. The fourth-order valence-corrected chi connectivity index (χ4v) is 3.32. The molecular formula is C19H23FN4O. The molecule has 1 atom stereocenters. The molecule has 25 heavy (non-hydrogen) atoms. The van der Waals surface area contributed by atoms with Crippen molar-refractivity contribution < 1.29 is 9.18 Å². The van der Waals surface area contributed by atoms with E-state index in [0.29, 0.717) is 19.1 Å². The largest absolute Gasteiger partial charge is 0.338 e. The van der Waals surface area contributed by atoms with E-state index in [9.17, 15) is 9.18 Å². The van der Waals surface area contributed by atoms with Crippen molar-refractivity contribution in [2.45, 2.75) is 31.8 Å². The number of likely N-dealkylation sites (tertiary alicyclic amines) is 1. The van der Waals surface area contributed by atoms with Crippen LogP contribution in [0.15, 0.2) is 42.9 Å². The van der Waals surface area contributed by atoms with Gasteiger partial charge in [-0.05, 0) is 44.5 Å². The number of hydrogen-bond donors (Lipinski definition) is 0. The molecule has 0 N–H and O–H groups in total. The van der Waals surface area contributed by atoms with Gasteiger partial charge in [-0.25, -0.2) is 4.39 Å². The molecule has 0 saturated carbocycles. The van der Waals surface area contributed by atoms with Crippen LogP contribution in [-0.4, -0.2) is 51.9 Å². The summed E-state index contributed by atoms with van der Waals surface area (Å²) in [6, 6.07) is 7.77. The van der Waals surface area contributed by atoms with Gasteiger partial charge in [-0.15, -0.1) is 0 Å². The van der Waals surface area contributed by atoms with Gasteiger partial charge in [0.05, 0.1) is 17.5 Å². The highest BCUT2D eigenvalue weighted by atomic mass is 19.1. The maximum atomic E-state index is 13.8. The molecule has 1 fully saturated rings. The SMILES string of the molecule is CN(Cc1ccccn1)[C@H]1CCCN(C(=O)c2ccncc2F)CC1. The van der Waals surface area contributed by atoms with Crippen LogP contribution in [0.3, 0.4) is 0 Å². The molecule has 0 spiro atoms. The number of halogens is 1. The van der Waals surface area contributed by atoms with Gasteiger partial charge in [-0.1, -0.05) is 6.07 Å². The molecule has 1 saturated heterocycles. The Morgan fingerprint density at radius 1 is 1.28 bits per heavy atom. The van der Waals surface area contributed by atoms with E-state index in [1.54, 1.807) is 11.1 Å². The van der Waals surface area contributed by atoms with Crippen LogP contribution in [0.1, 0.15) is 35.3 Å². The zero-order chi connectivity index (χ0) is 17.6. The topological polar surface area (TPSA) is 49.3 Å². The van der Waals surface area contributed by atoms with E-state index in [1.165, 1.54) is 12.3 Å². The van der Waals surface area contributed by atoms with Gasteiger partial charge < -0.3 is 4.90 Å². The number of aromatic nitrogens is 2. The Hall–Kier alpha value is -2.34. The quantitative estimate of drug-likeness (QED) is 0.857. The van der Waals surface area contributed by atoms with Gasteiger partial charge in [0.25, 0.3) is 5.91 Å². The van der Waals surface area contributed by atoms with E-state index < -0.39 is 5.82 Å². The molecule has 5 nitrogen and oxygen atoms in total. The average molecular weight is 342 g/mol. The van der Waals surface area contributed by atoms with Gasteiger partial charge in [-0.3, -0.25) is 19.7 Å². The molecule has 6 heteroatoms. The molecule has 2 aromatic rings. The van der Waals surface area contributed by atoms with Gasteiger partial charge in [0.1, 0.15) is 0 Å². The summed E-state index contributed by atoms with van der Waals surface area (Å²) in [7, 11) is 2.10. The minimum atomic E-state index is -0.555. The Morgan fingerprint density at radius 3 is 2.92 bits per heavy atom. The van der Waals surface area contributed by atoms with Gasteiger partial charge in [-0.2, -0.15) is 0 Å². The van der Waals surface area contributed by atoms with Gasteiger partial charge in [0.15, 0.2) is 5.82 Å². The molecular weight excluding hydrogens is 319 g/mol. The Labute approximate surface area is 147 Å². The lowest BCUT2D eigenvalue weighted by molar-refractivity contribution is 0.0752. The number of pyridine rings is 2. The second-order valence-corrected chi connectivity index (χ2v) is 6.47. The van der Waals surface area contributed by atoms with Crippen LogP contribution in [0.4, 0.5) is 4.39 Å². The molecule has 0 bridgehead atoms. The Bertz CT molecular complexity index is 710. The predicted octanol–water partition coefficient (Wildman–Crippen LogP) is 2.74. The summed E-state index contributed by atoms with van der Waals surface area (Å²) in [5.41, 5.74) is 1.15. The monoisotopic (exact) mass is 342 g/mol. The maximum Gasteiger partial charge on any atom is 0.256 e. The number of rotatable bonds is 4. The summed E-state index contributed by atoms with van der Waals surface area (Å²) in [6.45, 7) is 2.09. The molecule has 1 amide bonds. The summed E-state index contributed by atoms with van der Waals surface area (Å²) in [5.74, 6) is -0.798. The third-order valence-electron chi connectivity index (χ3n) is 4.75. The average Bonchev–Trinajstić information content (AvgIpc) is 2.89. The van der Waals surface area contributed by atoms with Crippen LogP contribution in [0.25, 0.3) is 0 Å². The molecule has 2 aromatic heterocycles. The minimum Gasteiger partial charge on any atom is -0.338 e. The fraction of sp³-hybridized carbons (Fsp3) is 0.421. The van der Waals surface area contributed by atoms with Gasteiger partial charge in [0, 0.05) is 38.1 Å². The standard InChI is InChI=1S/C19H23FN4O/c1-23(14-15-5-2-3-9-22-15)16-6-4-11-24(12-8-16)19(25)17-7-10-21-13-18(17)20/h2-3,5,7,9-10,13,16H,4,6,8,11-12,14H2,1H3/t16-/m0/s1. The molecule has 0 aliphatic carbocycles. The fourth-order valence-electron chi connectivity index (χ4n) is 3.32. The summed E-state index contributed by atoms with van der Waals surface area (Å²) in [6.07, 6.45) is 7.16. The normalized spacial score (nSPS) is 18.2. The van der Waals surface area contributed by atoms with Crippen LogP contribution in [-0.2, 0) is 6.54 Å². The van der Waals surface area contributed by atoms with Crippen molar-refractivity contribution in [2.75, 3.05) is 20.1 Å². The Morgan fingerprint density at radius 2 is 2.16 bits per heavy atom. The van der Waals surface area contributed by atoms with Crippen LogP contribution in [0.2, 0.25) is 0 Å². The van der Waals surface area contributed by atoms with Crippen molar-refractivity contribution in [3.63, 3.8) is 0 Å². The lowest BCUT2D eigenvalue weighted by atomic mass is 10.1. The first kappa shape index (κ1) is 17.5.